The molecule has 0 aliphatic rings. The van der Waals surface area contributed by atoms with Gasteiger partial charge in [0, 0.05) is 19.6 Å². The number of benzene rings is 3. The summed E-state index contributed by atoms with van der Waals surface area (Å²) in [5, 5.41) is 10.6. The van der Waals surface area contributed by atoms with Gasteiger partial charge in [0.05, 0.1) is 13.2 Å². The molecule has 0 spiro atoms. The largest absolute Gasteiger partial charge is 0.497 e. The van der Waals surface area contributed by atoms with Crippen LogP contribution in [0.4, 0.5) is 0 Å². The summed E-state index contributed by atoms with van der Waals surface area (Å²) in [6.07, 6.45) is 0.253. The molecule has 27 heavy (non-hydrogen) atoms. The van der Waals surface area contributed by atoms with Crippen LogP contribution in [0.2, 0.25) is 0 Å². The number of nitrogens with zero attached hydrogens (tertiary/aromatic N) is 1. The molecule has 3 rings (SSSR count). The van der Waals surface area contributed by atoms with E-state index in [0.29, 0.717) is 13.0 Å². The van der Waals surface area contributed by atoms with Gasteiger partial charge in [0.15, 0.2) is 0 Å². The fourth-order valence-corrected chi connectivity index (χ4v) is 3.26. The van der Waals surface area contributed by atoms with Crippen LogP contribution in [0.25, 0.3) is 0 Å². The van der Waals surface area contributed by atoms with Crippen molar-refractivity contribution in [2.45, 2.75) is 25.6 Å². The lowest BCUT2D eigenvalue weighted by molar-refractivity contribution is 0.104. The zero-order chi connectivity index (χ0) is 18.9. The van der Waals surface area contributed by atoms with Crippen molar-refractivity contribution in [2.75, 3.05) is 13.7 Å². The molecule has 3 nitrogen and oxygen atoms in total. The van der Waals surface area contributed by atoms with Gasteiger partial charge < -0.3 is 9.84 Å². The highest BCUT2D eigenvalue weighted by Crippen LogP contribution is 2.16. The zero-order valence-corrected chi connectivity index (χ0v) is 15.8. The summed E-state index contributed by atoms with van der Waals surface area (Å²) < 4.78 is 5.25. The number of hydrogen-bond acceptors (Lipinski definition) is 3. The minimum atomic E-state index is -0.408. The summed E-state index contributed by atoms with van der Waals surface area (Å²) >= 11 is 0. The topological polar surface area (TPSA) is 32.7 Å². The Morgan fingerprint density at radius 2 is 1.26 bits per heavy atom. The predicted octanol–water partition coefficient (Wildman–Crippen LogP) is 4.30. The smallest absolute Gasteiger partial charge is 0.118 e. The first-order valence-electron chi connectivity index (χ1n) is 9.34. The first-order chi connectivity index (χ1) is 13.2. The number of ether oxygens (including phenoxy) is 1. The minimum absolute atomic E-state index is 0.408. The molecule has 1 N–H and O–H groups in total. The molecule has 0 bridgehead atoms. The Balaban J connectivity index is 1.68. The van der Waals surface area contributed by atoms with E-state index in [4.69, 9.17) is 4.74 Å². The molecule has 0 saturated heterocycles. The maximum Gasteiger partial charge on any atom is 0.118 e. The van der Waals surface area contributed by atoms with Crippen molar-refractivity contribution < 1.29 is 9.84 Å². The quantitative estimate of drug-likeness (QED) is 0.617. The molecule has 1 atom stereocenters. The van der Waals surface area contributed by atoms with Crippen LogP contribution in [-0.4, -0.2) is 29.8 Å². The lowest BCUT2D eigenvalue weighted by atomic mass is 10.1. The highest BCUT2D eigenvalue weighted by Gasteiger charge is 2.14. The molecule has 0 heterocycles. The fourth-order valence-electron chi connectivity index (χ4n) is 3.26. The Labute approximate surface area is 161 Å². The van der Waals surface area contributed by atoms with E-state index < -0.39 is 6.10 Å². The lowest BCUT2D eigenvalue weighted by Crippen LogP contribution is -2.33. The van der Waals surface area contributed by atoms with E-state index in [0.717, 1.165) is 24.4 Å². The molecule has 0 fully saturated rings. The van der Waals surface area contributed by atoms with Gasteiger partial charge in [-0.15, -0.1) is 0 Å². The first kappa shape index (κ1) is 19.2. The van der Waals surface area contributed by atoms with Crippen molar-refractivity contribution in [3.05, 3.63) is 102 Å². The molecular formula is C24H27NO2. The molecule has 0 unspecified atom stereocenters. The van der Waals surface area contributed by atoms with Crippen molar-refractivity contribution in [1.29, 1.82) is 0 Å². The molecular weight excluding hydrogens is 334 g/mol. The Morgan fingerprint density at radius 1 is 0.741 bits per heavy atom. The van der Waals surface area contributed by atoms with Gasteiger partial charge in [0.2, 0.25) is 0 Å². The van der Waals surface area contributed by atoms with Crippen molar-refractivity contribution >= 4 is 0 Å². The van der Waals surface area contributed by atoms with E-state index in [1.54, 1.807) is 7.11 Å². The first-order valence-corrected chi connectivity index (χ1v) is 9.34. The summed E-state index contributed by atoms with van der Waals surface area (Å²) in [4.78, 5) is 2.30. The van der Waals surface area contributed by atoms with Gasteiger partial charge in [-0.1, -0.05) is 72.8 Å². The molecule has 140 valence electrons. The summed E-state index contributed by atoms with van der Waals surface area (Å²) in [5.74, 6) is 0.859. The fraction of sp³-hybridized carbons (Fsp3) is 0.250. The van der Waals surface area contributed by atoms with Crippen molar-refractivity contribution in [3.63, 3.8) is 0 Å². The molecule has 3 heteroatoms. The normalized spacial score (nSPS) is 12.1. The average molecular weight is 361 g/mol. The van der Waals surface area contributed by atoms with Crippen LogP contribution < -0.4 is 4.74 Å². The molecule has 0 aliphatic heterocycles. The van der Waals surface area contributed by atoms with Gasteiger partial charge >= 0.3 is 0 Å². The van der Waals surface area contributed by atoms with Crippen LogP contribution in [0.3, 0.4) is 0 Å². The average Bonchev–Trinajstić information content (AvgIpc) is 2.70. The summed E-state index contributed by atoms with van der Waals surface area (Å²) in [5.41, 5.74) is 3.62. The summed E-state index contributed by atoms with van der Waals surface area (Å²) in [7, 11) is 1.68. The van der Waals surface area contributed by atoms with E-state index in [2.05, 4.69) is 53.4 Å². The minimum Gasteiger partial charge on any atom is -0.497 e. The second-order valence-corrected chi connectivity index (χ2v) is 6.85. The standard InChI is InChI=1S/C24H27NO2/c1-27-24-14-12-22(13-15-24)18-25(17-21-10-6-3-7-11-21)19-23(26)16-20-8-4-2-5-9-20/h2-15,23,26H,16-19H2,1H3/t23-/m1/s1. The lowest BCUT2D eigenvalue weighted by Gasteiger charge is -2.25. The summed E-state index contributed by atoms with van der Waals surface area (Å²) in [6, 6.07) is 28.7. The molecule has 0 aromatic heterocycles. The second kappa shape index (κ2) is 9.91. The maximum absolute atomic E-state index is 10.6. The number of rotatable bonds is 9. The van der Waals surface area contributed by atoms with Gasteiger partial charge in [-0.05, 0) is 35.2 Å². The van der Waals surface area contributed by atoms with Gasteiger partial charge in [0.25, 0.3) is 0 Å². The second-order valence-electron chi connectivity index (χ2n) is 6.85. The van der Waals surface area contributed by atoms with E-state index >= 15 is 0 Å². The molecule has 0 amide bonds. The summed E-state index contributed by atoms with van der Waals surface area (Å²) in [6.45, 7) is 2.21. The SMILES string of the molecule is COc1ccc(CN(Cc2ccccc2)C[C@H](O)Cc2ccccc2)cc1. The van der Waals surface area contributed by atoms with Crippen LogP contribution in [0.15, 0.2) is 84.9 Å². The van der Waals surface area contributed by atoms with Gasteiger partial charge in [0.1, 0.15) is 5.75 Å². The highest BCUT2D eigenvalue weighted by atomic mass is 16.5. The molecule has 3 aromatic carbocycles. The third-order valence-electron chi connectivity index (χ3n) is 4.60. The molecule has 0 aliphatic carbocycles. The van der Waals surface area contributed by atoms with Crippen LogP contribution in [0.1, 0.15) is 16.7 Å². The van der Waals surface area contributed by atoms with Crippen molar-refractivity contribution in [3.8, 4) is 5.75 Å². The van der Waals surface area contributed by atoms with Crippen LogP contribution >= 0.6 is 0 Å². The highest BCUT2D eigenvalue weighted by molar-refractivity contribution is 5.27. The van der Waals surface area contributed by atoms with E-state index in [1.807, 2.05) is 36.4 Å². The Bertz CT molecular complexity index is 788. The number of aliphatic hydroxyl groups excluding tert-OH is 1. The number of methoxy groups -OCH3 is 1. The molecule has 0 radical (unpaired) electrons. The maximum atomic E-state index is 10.6. The number of hydrogen-bond donors (Lipinski definition) is 1. The van der Waals surface area contributed by atoms with E-state index in [1.165, 1.54) is 11.1 Å². The van der Waals surface area contributed by atoms with Gasteiger partial charge in [-0.25, -0.2) is 0 Å². The van der Waals surface area contributed by atoms with Crippen molar-refractivity contribution in [1.82, 2.24) is 4.90 Å². The van der Waals surface area contributed by atoms with E-state index in [9.17, 15) is 5.11 Å². The van der Waals surface area contributed by atoms with Crippen LogP contribution in [0.5, 0.6) is 5.75 Å². The van der Waals surface area contributed by atoms with Gasteiger partial charge in [-0.2, -0.15) is 0 Å². The predicted molar refractivity (Wildman–Crippen MR) is 110 cm³/mol. The monoisotopic (exact) mass is 361 g/mol. The van der Waals surface area contributed by atoms with Gasteiger partial charge in [-0.3, -0.25) is 4.90 Å². The molecule has 0 saturated carbocycles. The van der Waals surface area contributed by atoms with Crippen LogP contribution in [0, 0.1) is 0 Å². The third kappa shape index (κ3) is 6.24. The molecule has 3 aromatic rings. The Hall–Kier alpha value is -2.62. The zero-order valence-electron chi connectivity index (χ0n) is 15.8. The van der Waals surface area contributed by atoms with Crippen molar-refractivity contribution in [2.24, 2.45) is 0 Å². The Kier molecular flexibility index (Phi) is 7.03. The van der Waals surface area contributed by atoms with Crippen LogP contribution in [-0.2, 0) is 19.5 Å². The Morgan fingerprint density at radius 3 is 1.81 bits per heavy atom. The third-order valence-corrected chi connectivity index (χ3v) is 4.60. The van der Waals surface area contributed by atoms with E-state index in [-0.39, 0.29) is 0 Å². The number of aliphatic hydroxyl groups is 1.